The van der Waals surface area contributed by atoms with Gasteiger partial charge in [-0.25, -0.2) is 0 Å². The lowest BCUT2D eigenvalue weighted by molar-refractivity contribution is 0.278. The predicted molar refractivity (Wildman–Crippen MR) is 91.2 cm³/mol. The molecule has 0 amide bonds. The van der Waals surface area contributed by atoms with Gasteiger partial charge in [0.2, 0.25) is 0 Å². The van der Waals surface area contributed by atoms with Crippen LogP contribution >= 0.6 is 0 Å². The lowest BCUT2D eigenvalue weighted by Gasteiger charge is -2.38. The van der Waals surface area contributed by atoms with Gasteiger partial charge < -0.3 is 16.5 Å². The summed E-state index contributed by atoms with van der Waals surface area (Å²) in [7, 11) is -7.22. The Morgan fingerprint density at radius 1 is 1.10 bits per heavy atom. The van der Waals surface area contributed by atoms with Crippen LogP contribution in [-0.2, 0) is 16.5 Å². The molecule has 1 aliphatic rings. The van der Waals surface area contributed by atoms with E-state index in [-0.39, 0.29) is 0 Å². The molecule has 1 fully saturated rings. The molecule has 0 spiro atoms. The summed E-state index contributed by atoms with van der Waals surface area (Å²) < 4.78 is 24.4. The van der Waals surface area contributed by atoms with Crippen molar-refractivity contribution in [2.75, 3.05) is 0 Å². The fourth-order valence-electron chi connectivity index (χ4n) is 2.13. The van der Waals surface area contributed by atoms with Gasteiger partial charge in [0, 0.05) is 0 Å². The summed E-state index contributed by atoms with van der Waals surface area (Å²) >= 11 is 0. The highest BCUT2D eigenvalue weighted by Crippen LogP contribution is 2.19. The first kappa shape index (κ1) is 16.0. The average Bonchev–Trinajstić information content (AvgIpc) is 2.34. The van der Waals surface area contributed by atoms with Crippen LogP contribution in [0.3, 0.4) is 0 Å². The summed E-state index contributed by atoms with van der Waals surface area (Å²) in [5, 5.41) is 1.14. The van der Waals surface area contributed by atoms with Crippen LogP contribution in [-0.4, -0.2) is 36.4 Å². The average molecular weight is 343 g/mol. The Kier molecular flexibility index (Phi) is 4.97. The first-order valence-corrected chi connectivity index (χ1v) is 15.0. The van der Waals surface area contributed by atoms with Crippen molar-refractivity contribution < 1.29 is 16.5 Å². The first-order chi connectivity index (χ1) is 9.31. The van der Waals surface area contributed by atoms with Gasteiger partial charge in [-0.15, -0.1) is 0 Å². The second kappa shape index (κ2) is 6.20. The van der Waals surface area contributed by atoms with E-state index < -0.39 is 36.4 Å². The lowest BCUT2D eigenvalue weighted by Crippen LogP contribution is -2.57. The van der Waals surface area contributed by atoms with Crippen LogP contribution in [0.4, 0.5) is 0 Å². The Hall–Kier alpha value is -0.332. The summed E-state index contributed by atoms with van der Waals surface area (Å²) in [6, 6.07) is 8.21. The van der Waals surface area contributed by atoms with E-state index >= 15 is 0 Å². The fourth-order valence-corrected chi connectivity index (χ4v) is 15.5. The van der Waals surface area contributed by atoms with E-state index in [1.54, 1.807) is 0 Å². The second-order valence-corrected chi connectivity index (χ2v) is 17.1. The normalized spacial score (nSPS) is 26.7. The van der Waals surface area contributed by atoms with Crippen molar-refractivity contribution in [3.63, 3.8) is 0 Å². The minimum absolute atomic E-state index is 1.03. The van der Waals surface area contributed by atoms with Gasteiger partial charge in [0.05, 0.1) is 0 Å². The maximum absolute atomic E-state index is 6.27. The molecular weight excluding hydrogens is 320 g/mol. The van der Waals surface area contributed by atoms with Gasteiger partial charge in [-0.2, -0.15) is 0 Å². The highest BCUT2D eigenvalue weighted by Gasteiger charge is 2.41. The number of hydrogen-bond donors (Lipinski definition) is 0. The maximum atomic E-state index is 6.27. The summed E-state index contributed by atoms with van der Waals surface area (Å²) in [6.07, 6.45) is 1.83. The predicted octanol–water partition coefficient (Wildman–Crippen LogP) is 1.24. The van der Waals surface area contributed by atoms with Crippen LogP contribution in [0.1, 0.15) is 5.56 Å². The SMILES string of the molecule is C=Cc1ccc([SiH]2O[SiH2]O[Si](C)(C)O[Si](C)(C)O2)cc1. The molecule has 0 aliphatic carbocycles. The van der Waals surface area contributed by atoms with E-state index in [4.69, 9.17) is 16.5 Å². The number of rotatable bonds is 2. The molecule has 4 nitrogen and oxygen atoms in total. The van der Waals surface area contributed by atoms with Crippen LogP contribution in [0.15, 0.2) is 30.8 Å². The smallest absolute Gasteiger partial charge is 0.337 e. The molecule has 110 valence electrons. The van der Waals surface area contributed by atoms with Gasteiger partial charge in [-0.3, -0.25) is 0 Å². The molecule has 0 saturated carbocycles. The quantitative estimate of drug-likeness (QED) is 0.758. The van der Waals surface area contributed by atoms with Crippen LogP contribution in [0.5, 0.6) is 0 Å². The Morgan fingerprint density at radius 3 is 2.35 bits per heavy atom. The molecular formula is C12H22O4Si4. The second-order valence-electron chi connectivity index (χ2n) is 5.65. The Bertz CT molecular complexity index is 475. The topological polar surface area (TPSA) is 36.9 Å². The monoisotopic (exact) mass is 342 g/mol. The van der Waals surface area contributed by atoms with Crippen LogP contribution in [0.25, 0.3) is 6.08 Å². The van der Waals surface area contributed by atoms with Crippen LogP contribution in [0, 0.1) is 0 Å². The summed E-state index contributed by atoms with van der Waals surface area (Å²) in [5.41, 5.74) is 1.10. The molecule has 1 aliphatic heterocycles. The van der Waals surface area contributed by atoms with Crippen LogP contribution < -0.4 is 5.19 Å². The highest BCUT2D eigenvalue weighted by atomic mass is 28.5. The van der Waals surface area contributed by atoms with Crippen molar-refractivity contribution in [1.29, 1.82) is 0 Å². The Balaban J connectivity index is 2.17. The van der Waals surface area contributed by atoms with Crippen molar-refractivity contribution in [2.45, 2.75) is 26.2 Å². The van der Waals surface area contributed by atoms with Gasteiger partial charge >= 0.3 is 26.4 Å². The Morgan fingerprint density at radius 2 is 1.75 bits per heavy atom. The van der Waals surface area contributed by atoms with E-state index in [2.05, 4.69) is 44.9 Å². The van der Waals surface area contributed by atoms with Crippen molar-refractivity contribution in [3.05, 3.63) is 36.4 Å². The molecule has 1 unspecified atom stereocenters. The molecule has 8 heteroatoms. The zero-order valence-electron chi connectivity index (χ0n) is 12.5. The molecule has 0 N–H and O–H groups in total. The van der Waals surface area contributed by atoms with Crippen LogP contribution in [0.2, 0.25) is 26.2 Å². The molecule has 1 heterocycles. The van der Waals surface area contributed by atoms with E-state index in [1.165, 1.54) is 0 Å². The molecule has 2 rings (SSSR count). The minimum Gasteiger partial charge on any atom is -0.420 e. The molecule has 20 heavy (non-hydrogen) atoms. The third kappa shape index (κ3) is 4.33. The van der Waals surface area contributed by atoms with Crippen molar-refractivity contribution in [1.82, 2.24) is 0 Å². The van der Waals surface area contributed by atoms with Crippen molar-refractivity contribution in [2.24, 2.45) is 0 Å². The van der Waals surface area contributed by atoms with Gasteiger partial charge in [0.1, 0.15) is 0 Å². The van der Waals surface area contributed by atoms with Crippen molar-refractivity contribution >= 4 is 47.7 Å². The summed E-state index contributed by atoms with van der Waals surface area (Å²) in [5.74, 6) is 0. The number of hydrogen-bond acceptors (Lipinski definition) is 4. The van der Waals surface area contributed by atoms with E-state index in [0.717, 1.165) is 10.8 Å². The zero-order valence-corrected chi connectivity index (χ0v) is 17.1. The van der Waals surface area contributed by atoms with Gasteiger partial charge in [0.25, 0.3) is 10.0 Å². The molecule has 1 saturated heterocycles. The third-order valence-electron chi connectivity index (χ3n) is 2.95. The van der Waals surface area contributed by atoms with E-state index in [9.17, 15) is 0 Å². The van der Waals surface area contributed by atoms with Crippen molar-refractivity contribution in [3.8, 4) is 0 Å². The third-order valence-corrected chi connectivity index (χ3v) is 15.9. The minimum atomic E-state index is -2.20. The van der Waals surface area contributed by atoms with E-state index in [1.807, 2.05) is 18.2 Å². The summed E-state index contributed by atoms with van der Waals surface area (Å²) in [6.45, 7) is 12.0. The molecule has 1 atom stereocenters. The summed E-state index contributed by atoms with van der Waals surface area (Å²) in [4.78, 5) is 0. The fraction of sp³-hybridized carbons (Fsp3) is 0.333. The van der Waals surface area contributed by atoms with E-state index in [0.29, 0.717) is 0 Å². The Labute approximate surface area is 127 Å². The largest absolute Gasteiger partial charge is 0.420 e. The van der Waals surface area contributed by atoms with Gasteiger partial charge in [-0.05, 0) is 36.9 Å². The molecule has 1 aromatic rings. The van der Waals surface area contributed by atoms with Gasteiger partial charge in [0.15, 0.2) is 0 Å². The standard InChI is InChI=1S/C12H22O4Si4/c1-6-11-7-9-12(10-8-11)18-13-17-14-19(2,3)16-20(4,5)15-18/h6-10,18H,1,17H2,2-5H3. The molecule has 0 bridgehead atoms. The number of benzene rings is 1. The highest BCUT2D eigenvalue weighted by molar-refractivity contribution is 6.86. The zero-order chi connectivity index (χ0) is 14.8. The molecule has 1 aromatic carbocycles. The first-order valence-electron chi connectivity index (χ1n) is 6.67. The van der Waals surface area contributed by atoms with Gasteiger partial charge in [-0.1, -0.05) is 36.9 Å². The molecule has 0 aromatic heterocycles. The lowest BCUT2D eigenvalue weighted by atomic mass is 10.2. The molecule has 0 radical (unpaired) electrons. The maximum Gasteiger partial charge on any atom is 0.337 e.